The van der Waals surface area contributed by atoms with Crippen molar-refractivity contribution in [3.8, 4) is 0 Å². The summed E-state index contributed by atoms with van der Waals surface area (Å²) in [6.45, 7) is 0. The van der Waals surface area contributed by atoms with E-state index in [9.17, 15) is 4.79 Å². The van der Waals surface area contributed by atoms with Crippen molar-refractivity contribution in [2.45, 2.75) is 0 Å². The van der Waals surface area contributed by atoms with Crippen LogP contribution >= 0.6 is 0 Å². The van der Waals surface area contributed by atoms with E-state index >= 15 is 0 Å². The lowest BCUT2D eigenvalue weighted by molar-refractivity contribution is -0.117. The Kier molecular flexibility index (Phi) is 1.17. The van der Waals surface area contributed by atoms with Crippen molar-refractivity contribution in [2.24, 2.45) is 23.7 Å². The summed E-state index contributed by atoms with van der Waals surface area (Å²) >= 11 is 0. The van der Waals surface area contributed by atoms with Gasteiger partial charge in [-0.3, -0.25) is 4.79 Å². The maximum atomic E-state index is 11.7. The smallest absolute Gasteiger partial charge is 0.169 e. The molecule has 0 amide bonds. The Bertz CT molecular complexity index is 362. The zero-order valence-electron chi connectivity index (χ0n) is 7.05. The molecule has 4 atom stereocenters. The van der Waals surface area contributed by atoms with E-state index in [4.69, 9.17) is 5.11 Å². The molecule has 1 fully saturated rings. The third kappa shape index (κ3) is 0.671. The molecule has 3 aliphatic rings. The Labute approximate surface area is 76.3 Å². The summed E-state index contributed by atoms with van der Waals surface area (Å²) < 4.78 is 0. The van der Waals surface area contributed by atoms with Crippen molar-refractivity contribution in [3.63, 3.8) is 0 Å². The van der Waals surface area contributed by atoms with Gasteiger partial charge in [-0.05, 0) is 11.8 Å². The monoisotopic (exact) mass is 174 g/mol. The topological polar surface area (TPSA) is 37.3 Å². The molecule has 1 saturated carbocycles. The van der Waals surface area contributed by atoms with Gasteiger partial charge in [0.1, 0.15) is 0 Å². The molecule has 1 N–H and O–H groups in total. The van der Waals surface area contributed by atoms with Gasteiger partial charge in [0.15, 0.2) is 5.78 Å². The molecule has 13 heavy (non-hydrogen) atoms. The van der Waals surface area contributed by atoms with E-state index < -0.39 is 0 Å². The number of carbonyl (C=O) groups excluding carboxylic acids is 1. The summed E-state index contributed by atoms with van der Waals surface area (Å²) in [6, 6.07) is 0. The van der Waals surface area contributed by atoms with Crippen LogP contribution < -0.4 is 0 Å². The predicted octanol–water partition coefficient (Wildman–Crippen LogP) is 1.62. The average molecular weight is 174 g/mol. The van der Waals surface area contributed by atoms with E-state index in [2.05, 4.69) is 18.2 Å². The number of Topliss-reactive ketones (excluding diaryl/α,β-unsaturated/α-hetero) is 1. The summed E-state index contributed by atoms with van der Waals surface area (Å²) in [6.07, 6.45) is 9.29. The molecular formula is C11H10O2. The molecule has 0 bridgehead atoms. The molecule has 66 valence electrons. The van der Waals surface area contributed by atoms with E-state index in [1.54, 1.807) is 0 Å². The van der Waals surface area contributed by atoms with E-state index in [1.807, 2.05) is 6.08 Å². The Morgan fingerprint density at radius 3 is 2.54 bits per heavy atom. The molecule has 0 aromatic carbocycles. The maximum absolute atomic E-state index is 11.7. The van der Waals surface area contributed by atoms with Gasteiger partial charge in [0.2, 0.25) is 0 Å². The summed E-state index contributed by atoms with van der Waals surface area (Å²) in [5.74, 6) is 1.12. The Morgan fingerprint density at radius 2 is 1.85 bits per heavy atom. The summed E-state index contributed by atoms with van der Waals surface area (Å²) in [4.78, 5) is 11.7. The van der Waals surface area contributed by atoms with Crippen LogP contribution in [0.2, 0.25) is 0 Å². The first-order chi connectivity index (χ1) is 6.33. The minimum atomic E-state index is 0.0309. The summed E-state index contributed by atoms with van der Waals surface area (Å²) in [5, 5.41) is 8.97. The van der Waals surface area contributed by atoms with Crippen molar-refractivity contribution >= 4 is 5.78 Å². The van der Waals surface area contributed by atoms with E-state index in [0.717, 1.165) is 6.26 Å². The zero-order chi connectivity index (χ0) is 9.00. The highest BCUT2D eigenvalue weighted by Crippen LogP contribution is 2.52. The first-order valence-corrected chi connectivity index (χ1v) is 4.58. The third-order valence-corrected chi connectivity index (χ3v) is 3.44. The van der Waals surface area contributed by atoms with Crippen LogP contribution in [0.3, 0.4) is 0 Å². The van der Waals surface area contributed by atoms with Crippen LogP contribution in [0.4, 0.5) is 0 Å². The van der Waals surface area contributed by atoms with Crippen molar-refractivity contribution in [3.05, 3.63) is 36.1 Å². The van der Waals surface area contributed by atoms with Crippen LogP contribution in [-0.2, 0) is 4.79 Å². The van der Waals surface area contributed by atoms with Gasteiger partial charge < -0.3 is 5.11 Å². The molecule has 0 aromatic heterocycles. The molecule has 0 heterocycles. The Balaban J connectivity index is 2.14. The van der Waals surface area contributed by atoms with Gasteiger partial charge in [0.05, 0.1) is 6.26 Å². The van der Waals surface area contributed by atoms with Gasteiger partial charge in [-0.1, -0.05) is 24.3 Å². The molecule has 2 heteroatoms. The molecular weight excluding hydrogens is 164 g/mol. The Morgan fingerprint density at radius 1 is 1.15 bits per heavy atom. The summed E-state index contributed by atoms with van der Waals surface area (Å²) in [7, 11) is 0. The van der Waals surface area contributed by atoms with Crippen molar-refractivity contribution in [2.75, 3.05) is 0 Å². The number of rotatable bonds is 0. The highest BCUT2D eigenvalue weighted by Gasteiger charge is 2.51. The van der Waals surface area contributed by atoms with Crippen molar-refractivity contribution < 1.29 is 9.90 Å². The van der Waals surface area contributed by atoms with Gasteiger partial charge in [0, 0.05) is 17.4 Å². The van der Waals surface area contributed by atoms with Gasteiger partial charge in [-0.2, -0.15) is 0 Å². The number of hydrogen-bond acceptors (Lipinski definition) is 2. The van der Waals surface area contributed by atoms with Gasteiger partial charge in [-0.15, -0.1) is 0 Å². The lowest BCUT2D eigenvalue weighted by Gasteiger charge is -2.12. The van der Waals surface area contributed by atoms with Gasteiger partial charge >= 0.3 is 0 Å². The summed E-state index contributed by atoms with van der Waals surface area (Å²) in [5.41, 5.74) is 0.595. The minimum absolute atomic E-state index is 0.0309. The molecule has 0 aliphatic heterocycles. The maximum Gasteiger partial charge on any atom is 0.169 e. The van der Waals surface area contributed by atoms with E-state index in [1.165, 1.54) is 0 Å². The van der Waals surface area contributed by atoms with Crippen molar-refractivity contribution in [1.29, 1.82) is 0 Å². The SMILES string of the molecule is O=C1/C(=C\O)[C@H]2C=C[C@H]3C=C[C@H]1[C@H]32. The molecule has 0 saturated heterocycles. The van der Waals surface area contributed by atoms with Crippen LogP contribution in [-0.4, -0.2) is 10.9 Å². The van der Waals surface area contributed by atoms with E-state index in [0.29, 0.717) is 17.4 Å². The number of allylic oxidation sites excluding steroid dienone is 5. The van der Waals surface area contributed by atoms with E-state index in [-0.39, 0.29) is 17.6 Å². The van der Waals surface area contributed by atoms with Crippen molar-refractivity contribution in [1.82, 2.24) is 0 Å². The van der Waals surface area contributed by atoms with Crippen LogP contribution in [0.15, 0.2) is 36.1 Å². The van der Waals surface area contributed by atoms with Gasteiger partial charge in [0.25, 0.3) is 0 Å². The zero-order valence-corrected chi connectivity index (χ0v) is 7.05. The molecule has 3 aliphatic carbocycles. The quantitative estimate of drug-likeness (QED) is 0.344. The molecule has 0 aromatic rings. The fourth-order valence-corrected chi connectivity index (χ4v) is 2.86. The highest BCUT2D eigenvalue weighted by molar-refractivity contribution is 6.02. The average Bonchev–Trinajstić information content (AvgIpc) is 2.71. The van der Waals surface area contributed by atoms with Gasteiger partial charge in [-0.25, -0.2) is 0 Å². The second-order valence-corrected chi connectivity index (χ2v) is 3.92. The predicted molar refractivity (Wildman–Crippen MR) is 48.0 cm³/mol. The lowest BCUT2D eigenvalue weighted by atomic mass is 9.89. The fraction of sp³-hybridized carbons (Fsp3) is 0.364. The number of aliphatic hydroxyl groups excluding tert-OH is 1. The molecule has 0 unspecified atom stereocenters. The standard InChI is InChI=1S/C11H10O2/c12-5-9-7-3-1-6-2-4-8(10(6)7)11(9)13/h1-8,10,12H/b9-5-/t6-,7+,8-,10+/m0/s1. The first-order valence-electron chi connectivity index (χ1n) is 4.58. The number of aliphatic hydroxyl groups is 1. The van der Waals surface area contributed by atoms with Crippen LogP contribution in [0.25, 0.3) is 0 Å². The largest absolute Gasteiger partial charge is 0.515 e. The Hall–Kier alpha value is -1.31. The number of ketones is 1. The normalized spacial score (nSPS) is 48.0. The minimum Gasteiger partial charge on any atom is -0.515 e. The van der Waals surface area contributed by atoms with Crippen LogP contribution in [0.5, 0.6) is 0 Å². The van der Waals surface area contributed by atoms with Crippen LogP contribution in [0.1, 0.15) is 0 Å². The number of carbonyl (C=O) groups is 1. The number of hydrogen-bond donors (Lipinski definition) is 1. The lowest BCUT2D eigenvalue weighted by Crippen LogP contribution is -2.12. The molecule has 2 nitrogen and oxygen atoms in total. The molecule has 0 radical (unpaired) electrons. The first kappa shape index (κ1) is 7.13. The third-order valence-electron chi connectivity index (χ3n) is 3.44. The van der Waals surface area contributed by atoms with Crippen LogP contribution in [0, 0.1) is 23.7 Å². The molecule has 0 spiro atoms. The second-order valence-electron chi connectivity index (χ2n) is 3.92. The molecule has 3 rings (SSSR count). The fourth-order valence-electron chi connectivity index (χ4n) is 2.86. The highest BCUT2D eigenvalue weighted by atomic mass is 16.2. The second kappa shape index (κ2) is 2.13.